The number of allylic oxidation sites excluding steroid dienone is 2. The van der Waals surface area contributed by atoms with E-state index in [4.69, 9.17) is 4.74 Å². The van der Waals surface area contributed by atoms with Gasteiger partial charge in [-0.1, -0.05) is 13.0 Å². The van der Waals surface area contributed by atoms with Crippen LogP contribution in [-0.2, 0) is 4.74 Å². The van der Waals surface area contributed by atoms with E-state index in [1.54, 1.807) is 6.26 Å². The van der Waals surface area contributed by atoms with Crippen LogP contribution in [0.5, 0.6) is 0 Å². The predicted octanol–water partition coefficient (Wildman–Crippen LogP) is 2.50. The Balaban J connectivity index is 1.93. The molecule has 2 aliphatic rings. The van der Waals surface area contributed by atoms with Crippen molar-refractivity contribution in [2.45, 2.75) is 25.9 Å². The van der Waals surface area contributed by atoms with Gasteiger partial charge in [-0.15, -0.1) is 0 Å². The highest BCUT2D eigenvalue weighted by Gasteiger charge is 2.33. The van der Waals surface area contributed by atoms with Crippen LogP contribution in [-0.4, -0.2) is 6.10 Å². The number of hydrogen-bond donors (Lipinski definition) is 0. The van der Waals surface area contributed by atoms with Crippen LogP contribution >= 0.6 is 0 Å². The maximum absolute atomic E-state index is 5.47. The summed E-state index contributed by atoms with van der Waals surface area (Å²) in [7, 11) is 0. The molecule has 0 bridgehead atoms. The summed E-state index contributed by atoms with van der Waals surface area (Å²) in [5.74, 6) is 1.63. The minimum absolute atomic E-state index is 0.340. The van der Waals surface area contributed by atoms with E-state index in [9.17, 15) is 0 Å². The molecular formula is C10H14O. The van der Waals surface area contributed by atoms with Gasteiger partial charge in [-0.25, -0.2) is 0 Å². The minimum atomic E-state index is 0.340. The highest BCUT2D eigenvalue weighted by Crippen LogP contribution is 2.39. The molecule has 1 fully saturated rings. The molecule has 11 heavy (non-hydrogen) atoms. The van der Waals surface area contributed by atoms with Gasteiger partial charge in [-0.05, 0) is 36.8 Å². The molecule has 0 amide bonds. The second-order valence-electron chi connectivity index (χ2n) is 3.51. The molecule has 1 aliphatic heterocycles. The Bertz CT molecular complexity index is 189. The molecule has 2 unspecified atom stereocenters. The van der Waals surface area contributed by atoms with Gasteiger partial charge >= 0.3 is 0 Å². The van der Waals surface area contributed by atoms with Crippen molar-refractivity contribution in [2.24, 2.45) is 11.8 Å². The van der Waals surface area contributed by atoms with E-state index in [0.29, 0.717) is 12.0 Å². The molecule has 1 heterocycles. The summed E-state index contributed by atoms with van der Waals surface area (Å²) < 4.78 is 5.47. The topological polar surface area (TPSA) is 9.23 Å². The molecule has 2 atom stereocenters. The first kappa shape index (κ1) is 6.96. The van der Waals surface area contributed by atoms with E-state index in [-0.39, 0.29) is 0 Å². The number of rotatable bonds is 2. The molecule has 0 aromatic carbocycles. The van der Waals surface area contributed by atoms with Crippen molar-refractivity contribution in [2.75, 3.05) is 0 Å². The Labute approximate surface area is 67.7 Å². The molecule has 1 nitrogen and oxygen atoms in total. The molecule has 60 valence electrons. The quantitative estimate of drug-likeness (QED) is 0.587. The van der Waals surface area contributed by atoms with Crippen LogP contribution in [0.4, 0.5) is 0 Å². The van der Waals surface area contributed by atoms with Crippen molar-refractivity contribution in [1.29, 1.82) is 0 Å². The Morgan fingerprint density at radius 1 is 1.36 bits per heavy atom. The standard InChI is InChI=1S/C10H14O/c1-8(9-5-6-9)10-4-2-3-7-11-10/h2-4,7-10H,5-6H2,1H3. The smallest absolute Gasteiger partial charge is 0.119 e. The van der Waals surface area contributed by atoms with Crippen molar-refractivity contribution >= 4 is 0 Å². The van der Waals surface area contributed by atoms with Crippen LogP contribution < -0.4 is 0 Å². The summed E-state index contributed by atoms with van der Waals surface area (Å²) in [5, 5.41) is 0. The fraction of sp³-hybridized carbons (Fsp3) is 0.600. The van der Waals surface area contributed by atoms with Crippen molar-refractivity contribution in [3.05, 3.63) is 24.5 Å². The lowest BCUT2D eigenvalue weighted by atomic mass is 9.98. The van der Waals surface area contributed by atoms with Crippen LogP contribution in [0.15, 0.2) is 24.5 Å². The molecule has 1 heteroatoms. The lowest BCUT2D eigenvalue weighted by Crippen LogP contribution is -2.20. The molecule has 1 saturated carbocycles. The Hall–Kier alpha value is -0.720. The Morgan fingerprint density at radius 2 is 2.18 bits per heavy atom. The third-order valence-corrected chi connectivity index (χ3v) is 2.61. The van der Waals surface area contributed by atoms with Gasteiger partial charge in [0, 0.05) is 0 Å². The molecule has 0 aromatic rings. The minimum Gasteiger partial charge on any atom is -0.494 e. The van der Waals surface area contributed by atoms with E-state index < -0.39 is 0 Å². The summed E-state index contributed by atoms with van der Waals surface area (Å²) in [4.78, 5) is 0. The van der Waals surface area contributed by atoms with Gasteiger partial charge in [0.25, 0.3) is 0 Å². The van der Waals surface area contributed by atoms with E-state index in [1.165, 1.54) is 12.8 Å². The van der Waals surface area contributed by atoms with E-state index in [1.807, 2.05) is 6.08 Å². The maximum atomic E-state index is 5.47. The zero-order chi connectivity index (χ0) is 7.68. The Morgan fingerprint density at radius 3 is 2.73 bits per heavy atom. The van der Waals surface area contributed by atoms with Crippen LogP contribution in [0.25, 0.3) is 0 Å². The summed E-state index contributed by atoms with van der Waals surface area (Å²) in [6, 6.07) is 0. The third-order valence-electron chi connectivity index (χ3n) is 2.61. The lowest BCUT2D eigenvalue weighted by Gasteiger charge is -2.21. The highest BCUT2D eigenvalue weighted by atomic mass is 16.5. The van der Waals surface area contributed by atoms with Crippen molar-refractivity contribution in [3.8, 4) is 0 Å². The van der Waals surface area contributed by atoms with Crippen molar-refractivity contribution in [1.82, 2.24) is 0 Å². The second-order valence-corrected chi connectivity index (χ2v) is 3.51. The summed E-state index contributed by atoms with van der Waals surface area (Å²) >= 11 is 0. The van der Waals surface area contributed by atoms with Crippen LogP contribution in [0.1, 0.15) is 19.8 Å². The van der Waals surface area contributed by atoms with E-state index in [2.05, 4.69) is 19.1 Å². The zero-order valence-corrected chi connectivity index (χ0v) is 6.86. The maximum Gasteiger partial charge on any atom is 0.119 e. The molecule has 0 N–H and O–H groups in total. The monoisotopic (exact) mass is 150 g/mol. The first-order valence-corrected chi connectivity index (χ1v) is 4.37. The fourth-order valence-corrected chi connectivity index (χ4v) is 1.59. The normalized spacial score (nSPS) is 31.5. The van der Waals surface area contributed by atoms with Crippen molar-refractivity contribution < 1.29 is 4.74 Å². The van der Waals surface area contributed by atoms with Gasteiger partial charge in [0.2, 0.25) is 0 Å². The van der Waals surface area contributed by atoms with Crippen LogP contribution in [0.2, 0.25) is 0 Å². The van der Waals surface area contributed by atoms with Gasteiger partial charge in [-0.2, -0.15) is 0 Å². The second kappa shape index (κ2) is 2.72. The molecule has 0 aromatic heterocycles. The number of hydrogen-bond acceptors (Lipinski definition) is 1. The first-order valence-electron chi connectivity index (χ1n) is 4.37. The summed E-state index contributed by atoms with van der Waals surface area (Å²) in [6.07, 6.45) is 11.1. The van der Waals surface area contributed by atoms with E-state index in [0.717, 1.165) is 5.92 Å². The van der Waals surface area contributed by atoms with Gasteiger partial charge in [0.1, 0.15) is 6.10 Å². The lowest BCUT2D eigenvalue weighted by molar-refractivity contribution is 0.121. The molecular weight excluding hydrogens is 136 g/mol. The predicted molar refractivity (Wildman–Crippen MR) is 45.0 cm³/mol. The molecule has 2 rings (SSSR count). The zero-order valence-electron chi connectivity index (χ0n) is 6.86. The molecule has 0 spiro atoms. The average Bonchev–Trinajstić information content (AvgIpc) is 2.87. The van der Waals surface area contributed by atoms with Gasteiger partial charge < -0.3 is 4.74 Å². The summed E-state index contributed by atoms with van der Waals surface area (Å²) in [5.41, 5.74) is 0. The summed E-state index contributed by atoms with van der Waals surface area (Å²) in [6.45, 7) is 2.28. The van der Waals surface area contributed by atoms with Crippen molar-refractivity contribution in [3.63, 3.8) is 0 Å². The molecule has 0 saturated heterocycles. The first-order chi connectivity index (χ1) is 5.38. The highest BCUT2D eigenvalue weighted by molar-refractivity contribution is 5.09. The SMILES string of the molecule is CC(C1CC1)C1C=CC=CO1. The number of ether oxygens (including phenoxy) is 1. The van der Waals surface area contributed by atoms with E-state index >= 15 is 0 Å². The van der Waals surface area contributed by atoms with Crippen LogP contribution in [0.3, 0.4) is 0 Å². The molecule has 1 aliphatic carbocycles. The fourth-order valence-electron chi connectivity index (χ4n) is 1.59. The van der Waals surface area contributed by atoms with Gasteiger partial charge in [0.05, 0.1) is 6.26 Å². The third kappa shape index (κ3) is 1.47. The van der Waals surface area contributed by atoms with Gasteiger partial charge in [-0.3, -0.25) is 0 Å². The van der Waals surface area contributed by atoms with Crippen LogP contribution in [0, 0.1) is 11.8 Å². The Kier molecular flexibility index (Phi) is 1.72. The average molecular weight is 150 g/mol. The van der Waals surface area contributed by atoms with Gasteiger partial charge in [0.15, 0.2) is 0 Å². The molecule has 0 radical (unpaired) electrons. The largest absolute Gasteiger partial charge is 0.494 e.